The average molecular weight is 454 g/mol. The van der Waals surface area contributed by atoms with E-state index in [0.717, 1.165) is 16.7 Å². The van der Waals surface area contributed by atoms with Crippen molar-refractivity contribution in [3.05, 3.63) is 114 Å². The van der Waals surface area contributed by atoms with Crippen LogP contribution in [0.4, 0.5) is 0 Å². The van der Waals surface area contributed by atoms with Gasteiger partial charge in [-0.1, -0.05) is 103 Å². The fourth-order valence-electron chi connectivity index (χ4n) is 4.69. The number of carbonyl (C=O) groups excluding carboxylic acids is 2. The van der Waals surface area contributed by atoms with E-state index in [2.05, 4.69) is 0 Å². The van der Waals surface area contributed by atoms with E-state index in [1.807, 2.05) is 117 Å². The Labute approximate surface area is 201 Å². The van der Waals surface area contributed by atoms with Crippen LogP contribution in [-0.4, -0.2) is 27.9 Å². The fourth-order valence-corrected chi connectivity index (χ4v) is 4.69. The van der Waals surface area contributed by atoms with Gasteiger partial charge in [0.2, 0.25) is 0 Å². The molecule has 0 aromatic heterocycles. The largest absolute Gasteiger partial charge is 0.447 e. The van der Waals surface area contributed by atoms with E-state index in [1.165, 1.54) is 0 Å². The van der Waals surface area contributed by atoms with E-state index in [-0.39, 0.29) is 17.9 Å². The first kappa shape index (κ1) is 23.5. The highest BCUT2D eigenvalue weighted by Gasteiger charge is 2.57. The van der Waals surface area contributed by atoms with E-state index in [4.69, 9.17) is 4.74 Å². The highest BCUT2D eigenvalue weighted by atomic mass is 16.6. The summed E-state index contributed by atoms with van der Waals surface area (Å²) in [4.78, 5) is 29.4. The molecule has 1 fully saturated rings. The van der Waals surface area contributed by atoms with Crippen LogP contribution >= 0.6 is 0 Å². The van der Waals surface area contributed by atoms with Gasteiger partial charge in [-0.05, 0) is 43.9 Å². The van der Waals surface area contributed by atoms with Crippen LogP contribution in [0.3, 0.4) is 0 Å². The first-order valence-corrected chi connectivity index (χ1v) is 11.7. The quantitative estimate of drug-likeness (QED) is 0.413. The van der Waals surface area contributed by atoms with Gasteiger partial charge in [-0.25, -0.2) is 4.79 Å². The second-order valence-electron chi connectivity index (χ2n) is 9.34. The predicted molar refractivity (Wildman–Crippen MR) is 135 cm³/mol. The van der Waals surface area contributed by atoms with Gasteiger partial charge in [0.05, 0.1) is 6.04 Å². The van der Waals surface area contributed by atoms with E-state index >= 15 is 0 Å². The summed E-state index contributed by atoms with van der Waals surface area (Å²) in [5, 5.41) is 0. The van der Waals surface area contributed by atoms with E-state index < -0.39 is 11.1 Å². The molecule has 4 rings (SSSR count). The molecule has 1 heterocycles. The summed E-state index contributed by atoms with van der Waals surface area (Å²) in [6.07, 6.45) is 4.61. The van der Waals surface area contributed by atoms with Crippen LogP contribution in [0.1, 0.15) is 49.9 Å². The third-order valence-corrected chi connectivity index (χ3v) is 6.64. The van der Waals surface area contributed by atoms with Crippen LogP contribution in [-0.2, 0) is 20.7 Å². The van der Waals surface area contributed by atoms with Gasteiger partial charge in [-0.3, -0.25) is 4.79 Å². The topological polar surface area (TPSA) is 46.6 Å². The van der Waals surface area contributed by atoms with Gasteiger partial charge in [-0.15, -0.1) is 0 Å². The Morgan fingerprint density at radius 1 is 0.853 bits per heavy atom. The molecule has 1 amide bonds. The molecule has 3 atom stereocenters. The molecule has 0 radical (unpaired) electrons. The first-order chi connectivity index (χ1) is 16.3. The maximum absolute atomic E-state index is 14.1. The highest BCUT2D eigenvalue weighted by Crippen LogP contribution is 2.40. The van der Waals surface area contributed by atoms with Crippen molar-refractivity contribution in [3.63, 3.8) is 0 Å². The summed E-state index contributed by atoms with van der Waals surface area (Å²) in [5.41, 5.74) is 0.563. The Morgan fingerprint density at radius 2 is 1.41 bits per heavy atom. The van der Waals surface area contributed by atoms with Gasteiger partial charge in [0, 0.05) is 6.42 Å². The van der Waals surface area contributed by atoms with Crippen LogP contribution in [0.2, 0.25) is 0 Å². The number of nitrogens with zero attached hydrogens (tertiary/aromatic N) is 1. The van der Waals surface area contributed by atoms with Gasteiger partial charge in [0.25, 0.3) is 5.91 Å². The number of rotatable bonds is 7. The van der Waals surface area contributed by atoms with Crippen molar-refractivity contribution in [1.82, 2.24) is 4.90 Å². The molecule has 3 aromatic rings. The molecule has 0 unspecified atom stereocenters. The van der Waals surface area contributed by atoms with Crippen molar-refractivity contribution in [1.29, 1.82) is 0 Å². The van der Waals surface area contributed by atoms with Crippen LogP contribution < -0.4 is 0 Å². The van der Waals surface area contributed by atoms with E-state index in [9.17, 15) is 9.59 Å². The molecule has 0 saturated carbocycles. The molecule has 174 valence electrons. The number of amides is 1. The summed E-state index contributed by atoms with van der Waals surface area (Å²) in [5.74, 6) is -0.561. The molecule has 1 aliphatic heterocycles. The molecule has 4 heteroatoms. The minimum absolute atomic E-state index is 0.178. The lowest BCUT2D eigenvalue weighted by atomic mass is 9.83. The zero-order valence-electron chi connectivity index (χ0n) is 20.0. The van der Waals surface area contributed by atoms with Gasteiger partial charge >= 0.3 is 5.97 Å². The third-order valence-electron chi connectivity index (χ3n) is 6.64. The SMILES string of the molecule is C[C@H](c1ccccc1)N1C(=O)[C@](C)(Cc2ccccc2)OC(=O)[C@]1(C)C/C=C/c1ccccc1. The number of ether oxygens (including phenoxy) is 1. The molecule has 0 bridgehead atoms. The van der Waals surface area contributed by atoms with Crippen molar-refractivity contribution in [2.24, 2.45) is 0 Å². The summed E-state index contributed by atoms with van der Waals surface area (Å²) < 4.78 is 5.96. The summed E-state index contributed by atoms with van der Waals surface area (Å²) in [6.45, 7) is 5.52. The zero-order valence-corrected chi connectivity index (χ0v) is 20.0. The number of cyclic esters (lactones) is 1. The third kappa shape index (κ3) is 4.67. The van der Waals surface area contributed by atoms with Gasteiger partial charge in [0.1, 0.15) is 5.54 Å². The molecular formula is C30H31NO3. The summed E-state index contributed by atoms with van der Waals surface area (Å²) >= 11 is 0. The van der Waals surface area contributed by atoms with E-state index in [1.54, 1.807) is 11.8 Å². The minimum atomic E-state index is -1.27. The maximum Gasteiger partial charge on any atom is 0.333 e. The second-order valence-corrected chi connectivity index (χ2v) is 9.34. The standard InChI is InChI=1S/C30H31NO3/c1-23(26-19-11-6-12-20-26)31-27(32)30(3,22-25-16-9-5-10-17-25)34-28(33)29(31,2)21-13-18-24-14-7-4-8-15-24/h4-20,23H,21-22H2,1-3H3/b18-13+/t23-,29+,30+/m1/s1. The van der Waals surface area contributed by atoms with Crippen LogP contribution in [0, 0.1) is 0 Å². The smallest absolute Gasteiger partial charge is 0.333 e. The molecule has 4 nitrogen and oxygen atoms in total. The minimum Gasteiger partial charge on any atom is -0.447 e. The van der Waals surface area contributed by atoms with Crippen LogP contribution in [0.5, 0.6) is 0 Å². The molecule has 0 aliphatic carbocycles. The number of esters is 1. The normalized spacial score (nSPS) is 23.7. The number of morpholine rings is 1. The molecular weight excluding hydrogens is 422 g/mol. The number of benzene rings is 3. The molecule has 0 N–H and O–H groups in total. The van der Waals surface area contributed by atoms with Crippen LogP contribution in [0.15, 0.2) is 97.1 Å². The van der Waals surface area contributed by atoms with Gasteiger partial charge in [0.15, 0.2) is 5.60 Å². The molecule has 1 saturated heterocycles. The van der Waals surface area contributed by atoms with Crippen molar-refractivity contribution in [2.45, 2.75) is 50.8 Å². The lowest BCUT2D eigenvalue weighted by Crippen LogP contribution is -2.68. The van der Waals surface area contributed by atoms with Crippen LogP contribution in [0.25, 0.3) is 6.08 Å². The lowest BCUT2D eigenvalue weighted by molar-refractivity contribution is -0.203. The maximum atomic E-state index is 14.1. The van der Waals surface area contributed by atoms with E-state index in [0.29, 0.717) is 12.8 Å². The second kappa shape index (κ2) is 9.68. The van der Waals surface area contributed by atoms with Crippen molar-refractivity contribution in [2.75, 3.05) is 0 Å². The Morgan fingerprint density at radius 3 is 2.03 bits per heavy atom. The van der Waals surface area contributed by atoms with Gasteiger partial charge in [-0.2, -0.15) is 0 Å². The fraction of sp³-hybridized carbons (Fsp3) is 0.267. The summed E-state index contributed by atoms with van der Waals surface area (Å²) in [7, 11) is 0. The lowest BCUT2D eigenvalue weighted by Gasteiger charge is -2.51. The van der Waals surface area contributed by atoms with Crippen molar-refractivity contribution in [3.8, 4) is 0 Å². The first-order valence-electron chi connectivity index (χ1n) is 11.7. The Hall–Kier alpha value is -3.66. The summed E-state index contributed by atoms with van der Waals surface area (Å²) in [6, 6.07) is 29.1. The monoisotopic (exact) mass is 453 g/mol. The van der Waals surface area contributed by atoms with Crippen molar-refractivity contribution >= 4 is 18.0 Å². The Balaban J connectivity index is 1.70. The molecule has 0 spiro atoms. The number of carbonyl (C=O) groups is 2. The Bertz CT molecular complexity index is 1160. The molecule has 1 aliphatic rings. The average Bonchev–Trinajstić information content (AvgIpc) is 2.85. The highest BCUT2D eigenvalue weighted by molar-refractivity contribution is 5.98. The van der Waals surface area contributed by atoms with Crippen molar-refractivity contribution < 1.29 is 14.3 Å². The number of hydrogen-bond acceptors (Lipinski definition) is 3. The predicted octanol–water partition coefficient (Wildman–Crippen LogP) is 6.00. The Kier molecular flexibility index (Phi) is 6.69. The van der Waals surface area contributed by atoms with Gasteiger partial charge < -0.3 is 9.64 Å². The molecule has 3 aromatic carbocycles. The number of hydrogen-bond donors (Lipinski definition) is 0. The zero-order chi connectivity index (χ0) is 24.2. The molecule has 34 heavy (non-hydrogen) atoms.